The van der Waals surface area contributed by atoms with Crippen LogP contribution in [0.25, 0.3) is 0 Å². The molecule has 3 nitrogen and oxygen atoms in total. The van der Waals surface area contributed by atoms with Gasteiger partial charge in [-0.05, 0) is 88.4 Å². The predicted octanol–water partition coefficient (Wildman–Crippen LogP) is 0.747. The molecular formula is C26H29Cl2N3V. The molecule has 2 aromatic carbocycles. The third-order valence-electron chi connectivity index (χ3n) is 4.93. The minimum atomic E-state index is 0. The molecule has 32 heavy (non-hydrogen) atoms. The fraction of sp³-hybridized carbons (Fsp3) is 0.269. The van der Waals surface area contributed by atoms with Gasteiger partial charge in [-0.3, -0.25) is 9.98 Å². The van der Waals surface area contributed by atoms with Crippen molar-refractivity contribution in [3.05, 3.63) is 86.7 Å². The summed E-state index contributed by atoms with van der Waals surface area (Å²) >= 11 is 0. The van der Waals surface area contributed by atoms with Crippen LogP contribution < -0.4 is 24.8 Å². The van der Waals surface area contributed by atoms with Gasteiger partial charge in [0.2, 0.25) is 0 Å². The van der Waals surface area contributed by atoms with Crippen LogP contribution in [0.15, 0.2) is 46.4 Å². The van der Waals surface area contributed by atoms with Crippen molar-refractivity contribution in [2.45, 2.75) is 48.5 Å². The molecule has 3 aromatic rings. The van der Waals surface area contributed by atoms with Crippen LogP contribution in [0.1, 0.15) is 50.3 Å². The van der Waals surface area contributed by atoms with Crippen molar-refractivity contribution in [3.8, 4) is 0 Å². The van der Waals surface area contributed by atoms with Crippen molar-refractivity contribution < 1.29 is 43.4 Å². The molecule has 0 fully saturated rings. The van der Waals surface area contributed by atoms with E-state index in [1.807, 2.05) is 24.6 Å². The van der Waals surface area contributed by atoms with Gasteiger partial charge in [-0.25, -0.2) is 4.98 Å². The van der Waals surface area contributed by atoms with Crippen LogP contribution in [0, 0.1) is 48.5 Å². The normalized spacial score (nSPS) is 10.6. The molecule has 3 rings (SSSR count). The number of rotatable bonds is 4. The van der Waals surface area contributed by atoms with Gasteiger partial charge in [-0.15, -0.1) is 0 Å². The Labute approximate surface area is 216 Å². The fourth-order valence-corrected chi connectivity index (χ4v) is 3.87. The maximum Gasteiger partial charge on any atom is 2.00 e. The number of hydrogen-bond acceptors (Lipinski definition) is 3. The van der Waals surface area contributed by atoms with Crippen molar-refractivity contribution in [1.29, 1.82) is 0 Å². The number of halogens is 2. The van der Waals surface area contributed by atoms with E-state index in [-0.39, 0.29) is 43.4 Å². The molecule has 0 unspecified atom stereocenters. The van der Waals surface area contributed by atoms with Gasteiger partial charge in [0.1, 0.15) is 0 Å². The quantitative estimate of drug-likeness (QED) is 0.483. The Morgan fingerprint density at radius 2 is 0.812 bits per heavy atom. The Balaban J connectivity index is 0.00000320. The SMILES string of the molecule is Cc1cc(C=Nc2c(C)cc(C)cc2C)nc(C=Nc2c(C)cc(C)cc2C)c1.[Cl-].[Cl-].[V+2]. The monoisotopic (exact) mass is 504 g/mol. The zero-order chi connectivity index (χ0) is 21.1. The second-order valence-corrected chi connectivity index (χ2v) is 8.01. The van der Waals surface area contributed by atoms with Crippen LogP contribution in [-0.4, -0.2) is 17.4 Å². The summed E-state index contributed by atoms with van der Waals surface area (Å²) in [4.78, 5) is 14.2. The van der Waals surface area contributed by atoms with Gasteiger partial charge in [0, 0.05) is 0 Å². The number of aryl methyl sites for hydroxylation is 7. The average molecular weight is 505 g/mol. The number of benzene rings is 2. The maximum atomic E-state index is 4.72. The van der Waals surface area contributed by atoms with Crippen molar-refractivity contribution in [2.75, 3.05) is 0 Å². The van der Waals surface area contributed by atoms with Gasteiger partial charge in [0.15, 0.2) is 0 Å². The average Bonchev–Trinajstić information content (AvgIpc) is 2.59. The first-order chi connectivity index (χ1) is 13.7. The summed E-state index contributed by atoms with van der Waals surface area (Å²) in [5, 5.41) is 0. The van der Waals surface area contributed by atoms with Gasteiger partial charge in [-0.1, -0.05) is 35.4 Å². The molecule has 0 bridgehead atoms. The van der Waals surface area contributed by atoms with Crippen LogP contribution in [0.5, 0.6) is 0 Å². The molecule has 1 heterocycles. The van der Waals surface area contributed by atoms with Gasteiger partial charge in [-0.2, -0.15) is 0 Å². The zero-order valence-electron chi connectivity index (χ0n) is 19.7. The molecule has 0 amide bonds. The first kappa shape index (κ1) is 30.1. The smallest absolute Gasteiger partial charge is 1.00 e. The Kier molecular flexibility index (Phi) is 12.2. The van der Waals surface area contributed by atoms with Crippen LogP contribution >= 0.6 is 0 Å². The molecule has 167 valence electrons. The number of pyridine rings is 1. The van der Waals surface area contributed by atoms with E-state index in [1.54, 1.807) is 0 Å². The number of aliphatic imine (C=N–C) groups is 2. The van der Waals surface area contributed by atoms with Gasteiger partial charge >= 0.3 is 18.6 Å². The zero-order valence-corrected chi connectivity index (χ0v) is 22.6. The molecular weight excluding hydrogens is 476 g/mol. The van der Waals surface area contributed by atoms with E-state index in [9.17, 15) is 0 Å². The molecule has 0 spiro atoms. The molecule has 0 saturated carbocycles. The Bertz CT molecular complexity index is 1010. The third kappa shape index (κ3) is 7.60. The summed E-state index contributed by atoms with van der Waals surface area (Å²) in [6.45, 7) is 14.7. The summed E-state index contributed by atoms with van der Waals surface area (Å²) in [5.74, 6) is 0. The molecule has 0 N–H and O–H groups in total. The Hall–Kier alpha value is -1.91. The molecule has 0 aliphatic heterocycles. The van der Waals surface area contributed by atoms with Gasteiger partial charge in [0.05, 0.1) is 35.2 Å². The summed E-state index contributed by atoms with van der Waals surface area (Å²) in [7, 11) is 0. The van der Waals surface area contributed by atoms with Gasteiger partial charge < -0.3 is 24.8 Å². The van der Waals surface area contributed by atoms with Crippen molar-refractivity contribution in [3.63, 3.8) is 0 Å². The Morgan fingerprint density at radius 1 is 0.531 bits per heavy atom. The van der Waals surface area contributed by atoms with Crippen molar-refractivity contribution in [2.24, 2.45) is 9.98 Å². The third-order valence-corrected chi connectivity index (χ3v) is 4.93. The van der Waals surface area contributed by atoms with Crippen LogP contribution in [0.3, 0.4) is 0 Å². The van der Waals surface area contributed by atoms with E-state index in [0.717, 1.165) is 28.3 Å². The first-order valence-corrected chi connectivity index (χ1v) is 9.95. The van der Waals surface area contributed by atoms with Crippen LogP contribution in [0.4, 0.5) is 11.4 Å². The topological polar surface area (TPSA) is 37.6 Å². The van der Waals surface area contributed by atoms with E-state index in [1.165, 1.54) is 33.4 Å². The van der Waals surface area contributed by atoms with E-state index in [0.29, 0.717) is 0 Å². The molecule has 0 atom stereocenters. The summed E-state index contributed by atoms with van der Waals surface area (Å²) in [6, 6.07) is 12.7. The molecule has 0 aliphatic carbocycles. The van der Waals surface area contributed by atoms with Gasteiger partial charge in [0.25, 0.3) is 0 Å². The van der Waals surface area contributed by atoms with Crippen molar-refractivity contribution >= 4 is 23.8 Å². The molecule has 1 aromatic heterocycles. The van der Waals surface area contributed by atoms with Crippen LogP contribution in [-0.2, 0) is 18.6 Å². The number of nitrogens with zero attached hydrogens (tertiary/aromatic N) is 3. The number of hydrogen-bond donors (Lipinski definition) is 0. The minimum absolute atomic E-state index is 0. The fourth-order valence-electron chi connectivity index (χ4n) is 3.87. The predicted molar refractivity (Wildman–Crippen MR) is 125 cm³/mol. The van der Waals surface area contributed by atoms with Crippen LogP contribution in [0.2, 0.25) is 0 Å². The maximum absolute atomic E-state index is 4.72. The molecule has 6 heteroatoms. The van der Waals surface area contributed by atoms with E-state index in [2.05, 4.69) is 72.7 Å². The minimum Gasteiger partial charge on any atom is -1.00 e. The summed E-state index contributed by atoms with van der Waals surface area (Å²) < 4.78 is 0. The first-order valence-electron chi connectivity index (χ1n) is 9.95. The summed E-state index contributed by atoms with van der Waals surface area (Å²) in [6.07, 6.45) is 3.69. The number of aromatic nitrogens is 1. The van der Waals surface area contributed by atoms with Crippen molar-refractivity contribution in [1.82, 2.24) is 4.98 Å². The summed E-state index contributed by atoms with van der Waals surface area (Å²) in [5.41, 5.74) is 12.1. The second kappa shape index (κ2) is 13.0. The molecule has 1 radical (unpaired) electrons. The molecule has 0 aliphatic rings. The standard InChI is InChI=1S/C26H29N3.2ClH.V/c1-16-8-19(4)25(20(5)9-16)27-14-23-12-18(3)13-24(29-23)15-28-26-21(6)10-17(2)11-22(26)7;;;/h8-15H,1-7H3;2*1H;/q;;;+2/p-2. The van der Waals surface area contributed by atoms with E-state index in [4.69, 9.17) is 15.0 Å². The Morgan fingerprint density at radius 3 is 1.12 bits per heavy atom. The molecule has 0 saturated heterocycles. The second-order valence-electron chi connectivity index (χ2n) is 8.01. The van der Waals surface area contributed by atoms with E-state index < -0.39 is 0 Å². The van der Waals surface area contributed by atoms with E-state index >= 15 is 0 Å². The largest absolute Gasteiger partial charge is 2.00 e.